The maximum absolute atomic E-state index is 12.3. The lowest BCUT2D eigenvalue weighted by Crippen LogP contribution is -2.30. The van der Waals surface area contributed by atoms with Gasteiger partial charge in [-0.3, -0.25) is 9.59 Å². The predicted molar refractivity (Wildman–Crippen MR) is 82.5 cm³/mol. The number of rotatable bonds is 3. The largest absolute Gasteiger partial charge is 0.481 e. The lowest BCUT2D eigenvalue weighted by Gasteiger charge is -2.25. The van der Waals surface area contributed by atoms with Gasteiger partial charge < -0.3 is 10.4 Å². The summed E-state index contributed by atoms with van der Waals surface area (Å²) in [5, 5.41) is 14.5. The fourth-order valence-corrected chi connectivity index (χ4v) is 3.48. The van der Waals surface area contributed by atoms with Crippen LogP contribution < -0.4 is 5.32 Å². The zero-order valence-corrected chi connectivity index (χ0v) is 13.5. The van der Waals surface area contributed by atoms with Crippen molar-refractivity contribution in [3.8, 4) is 0 Å². The number of thiazole rings is 1. The van der Waals surface area contributed by atoms with Gasteiger partial charge in [0.1, 0.15) is 0 Å². The van der Waals surface area contributed by atoms with Gasteiger partial charge in [0.2, 0.25) is 5.91 Å². The summed E-state index contributed by atoms with van der Waals surface area (Å²) in [6.07, 6.45) is 2.65. The van der Waals surface area contributed by atoms with Gasteiger partial charge in [-0.05, 0) is 19.3 Å². The quantitative estimate of drug-likeness (QED) is 0.898. The molecule has 21 heavy (non-hydrogen) atoms. The lowest BCUT2D eigenvalue weighted by molar-refractivity contribution is -0.143. The molecule has 0 aromatic carbocycles. The summed E-state index contributed by atoms with van der Waals surface area (Å²) in [5.74, 6) is -1.51. The van der Waals surface area contributed by atoms with Gasteiger partial charge in [0.05, 0.1) is 11.6 Å². The van der Waals surface area contributed by atoms with E-state index < -0.39 is 11.9 Å². The number of nitrogens with one attached hydrogen (secondary N) is 1. The van der Waals surface area contributed by atoms with E-state index in [1.807, 2.05) is 5.38 Å². The van der Waals surface area contributed by atoms with Crippen LogP contribution in [0.15, 0.2) is 5.38 Å². The molecule has 2 unspecified atom stereocenters. The third kappa shape index (κ3) is 4.03. The molecule has 5 nitrogen and oxygen atoms in total. The molecule has 0 bridgehead atoms. The minimum Gasteiger partial charge on any atom is -0.481 e. The van der Waals surface area contributed by atoms with Crippen molar-refractivity contribution in [2.45, 2.75) is 51.9 Å². The molecule has 1 saturated carbocycles. The second-order valence-corrected chi connectivity index (χ2v) is 7.53. The summed E-state index contributed by atoms with van der Waals surface area (Å²) in [5.41, 5.74) is 0.911. The topological polar surface area (TPSA) is 79.3 Å². The molecule has 2 atom stereocenters. The minimum absolute atomic E-state index is 0.0429. The molecule has 1 heterocycles. The van der Waals surface area contributed by atoms with Gasteiger partial charge in [0.25, 0.3) is 0 Å². The Morgan fingerprint density at radius 2 is 2.00 bits per heavy atom. The van der Waals surface area contributed by atoms with Crippen LogP contribution in [0.4, 0.5) is 5.13 Å². The Bertz CT molecular complexity index is 533. The molecule has 1 aromatic rings. The first-order chi connectivity index (χ1) is 9.77. The first-order valence-electron chi connectivity index (χ1n) is 7.27. The number of amides is 1. The fourth-order valence-electron chi connectivity index (χ4n) is 2.54. The highest BCUT2D eigenvalue weighted by Crippen LogP contribution is 2.31. The fraction of sp³-hybridized carbons (Fsp3) is 0.667. The Labute approximate surface area is 128 Å². The molecule has 0 saturated heterocycles. The van der Waals surface area contributed by atoms with E-state index in [1.54, 1.807) is 0 Å². The second kappa shape index (κ2) is 6.13. The van der Waals surface area contributed by atoms with E-state index in [9.17, 15) is 9.59 Å². The van der Waals surface area contributed by atoms with E-state index in [0.29, 0.717) is 18.0 Å². The Balaban J connectivity index is 1.98. The third-order valence-corrected chi connectivity index (χ3v) is 4.65. The number of anilines is 1. The Hall–Kier alpha value is -1.43. The van der Waals surface area contributed by atoms with E-state index in [-0.39, 0.29) is 17.2 Å². The average molecular weight is 310 g/mol. The number of carbonyl (C=O) groups is 2. The molecule has 1 aliphatic carbocycles. The molecule has 6 heteroatoms. The van der Waals surface area contributed by atoms with Crippen LogP contribution in [0.2, 0.25) is 0 Å². The Morgan fingerprint density at radius 1 is 1.33 bits per heavy atom. The first kappa shape index (κ1) is 15.9. The highest BCUT2D eigenvalue weighted by atomic mass is 32.1. The molecule has 116 valence electrons. The molecule has 0 aliphatic heterocycles. The number of carboxylic acid groups (broad SMARTS) is 1. The maximum atomic E-state index is 12.3. The Kier molecular flexibility index (Phi) is 4.66. The summed E-state index contributed by atoms with van der Waals surface area (Å²) in [7, 11) is 0. The number of hydrogen-bond donors (Lipinski definition) is 2. The maximum Gasteiger partial charge on any atom is 0.306 e. The van der Waals surface area contributed by atoms with Crippen LogP contribution >= 0.6 is 11.3 Å². The zero-order valence-electron chi connectivity index (χ0n) is 12.7. The van der Waals surface area contributed by atoms with Crippen LogP contribution in [0, 0.1) is 11.8 Å². The predicted octanol–water partition coefficient (Wildman–Crippen LogP) is 3.27. The van der Waals surface area contributed by atoms with Crippen LogP contribution in [0.5, 0.6) is 0 Å². The summed E-state index contributed by atoms with van der Waals surface area (Å²) in [4.78, 5) is 27.8. The molecule has 1 aromatic heterocycles. The molecular weight excluding hydrogens is 288 g/mol. The molecule has 2 rings (SSSR count). The average Bonchev–Trinajstić information content (AvgIpc) is 2.87. The molecule has 1 amide bonds. The summed E-state index contributed by atoms with van der Waals surface area (Å²) in [6, 6.07) is 0. The molecular formula is C15H22N2O3S. The van der Waals surface area contributed by atoms with Crippen LogP contribution in [0.1, 0.15) is 52.1 Å². The monoisotopic (exact) mass is 310 g/mol. The van der Waals surface area contributed by atoms with Gasteiger partial charge in [0.15, 0.2) is 5.13 Å². The summed E-state index contributed by atoms with van der Waals surface area (Å²) in [6.45, 7) is 6.23. The van der Waals surface area contributed by atoms with Crippen molar-refractivity contribution in [2.75, 3.05) is 5.32 Å². The minimum atomic E-state index is -0.795. The SMILES string of the molecule is CC(C)(C)c1csc(NC(=O)C2CCCC(C(=O)O)C2)n1. The van der Waals surface area contributed by atoms with Gasteiger partial charge >= 0.3 is 5.97 Å². The third-order valence-electron chi connectivity index (χ3n) is 3.90. The van der Waals surface area contributed by atoms with Crippen molar-refractivity contribution < 1.29 is 14.7 Å². The molecule has 0 radical (unpaired) electrons. The molecule has 1 aliphatic rings. The summed E-state index contributed by atoms with van der Waals surface area (Å²) >= 11 is 1.42. The molecule has 0 spiro atoms. The number of aromatic nitrogens is 1. The number of carboxylic acids is 1. The van der Waals surface area contributed by atoms with Gasteiger partial charge in [-0.1, -0.05) is 27.2 Å². The standard InChI is InChI=1S/C15H22N2O3S/c1-15(2,3)11-8-21-14(16-11)17-12(18)9-5-4-6-10(7-9)13(19)20/h8-10H,4-7H2,1-3H3,(H,19,20)(H,16,17,18). The van der Waals surface area contributed by atoms with E-state index in [4.69, 9.17) is 5.11 Å². The van der Waals surface area contributed by atoms with Crippen LogP contribution in [0.3, 0.4) is 0 Å². The normalized spacial score (nSPS) is 22.8. The van der Waals surface area contributed by atoms with Crippen molar-refractivity contribution in [2.24, 2.45) is 11.8 Å². The number of aliphatic carboxylic acids is 1. The number of hydrogen-bond acceptors (Lipinski definition) is 4. The van der Waals surface area contributed by atoms with E-state index in [0.717, 1.165) is 18.5 Å². The highest BCUT2D eigenvalue weighted by molar-refractivity contribution is 7.13. The van der Waals surface area contributed by atoms with Crippen molar-refractivity contribution in [3.05, 3.63) is 11.1 Å². The van der Waals surface area contributed by atoms with Crippen LogP contribution in [0.25, 0.3) is 0 Å². The highest BCUT2D eigenvalue weighted by Gasteiger charge is 2.31. The number of carbonyl (C=O) groups excluding carboxylic acids is 1. The van der Waals surface area contributed by atoms with Crippen molar-refractivity contribution in [1.82, 2.24) is 4.98 Å². The van der Waals surface area contributed by atoms with E-state index in [2.05, 4.69) is 31.1 Å². The van der Waals surface area contributed by atoms with Gasteiger partial charge in [-0.2, -0.15) is 0 Å². The zero-order chi connectivity index (χ0) is 15.6. The van der Waals surface area contributed by atoms with E-state index >= 15 is 0 Å². The molecule has 1 fully saturated rings. The Morgan fingerprint density at radius 3 is 2.57 bits per heavy atom. The van der Waals surface area contributed by atoms with Crippen LogP contribution in [-0.2, 0) is 15.0 Å². The van der Waals surface area contributed by atoms with Crippen molar-refractivity contribution >= 4 is 28.3 Å². The van der Waals surface area contributed by atoms with Gasteiger partial charge in [-0.15, -0.1) is 11.3 Å². The summed E-state index contributed by atoms with van der Waals surface area (Å²) < 4.78 is 0. The lowest BCUT2D eigenvalue weighted by atomic mass is 9.81. The second-order valence-electron chi connectivity index (χ2n) is 6.68. The smallest absolute Gasteiger partial charge is 0.306 e. The van der Waals surface area contributed by atoms with Crippen LogP contribution in [-0.4, -0.2) is 22.0 Å². The number of nitrogens with zero attached hydrogens (tertiary/aromatic N) is 1. The molecule has 2 N–H and O–H groups in total. The van der Waals surface area contributed by atoms with Crippen molar-refractivity contribution in [1.29, 1.82) is 0 Å². The van der Waals surface area contributed by atoms with Gasteiger partial charge in [-0.25, -0.2) is 4.98 Å². The van der Waals surface area contributed by atoms with Gasteiger partial charge in [0, 0.05) is 16.7 Å². The van der Waals surface area contributed by atoms with Crippen molar-refractivity contribution in [3.63, 3.8) is 0 Å². The first-order valence-corrected chi connectivity index (χ1v) is 8.15. The van der Waals surface area contributed by atoms with E-state index in [1.165, 1.54) is 11.3 Å².